The van der Waals surface area contributed by atoms with Crippen LogP contribution in [-0.2, 0) is 6.54 Å². The molecule has 2 N–H and O–H groups in total. The number of imidazole rings is 1. The minimum atomic E-state index is -0.177. The number of rotatable bonds is 5. The third-order valence-corrected chi connectivity index (χ3v) is 2.80. The van der Waals surface area contributed by atoms with Crippen LogP contribution in [0.2, 0.25) is 0 Å². The van der Waals surface area contributed by atoms with E-state index in [-0.39, 0.29) is 6.04 Å². The molecule has 0 bridgehead atoms. The summed E-state index contributed by atoms with van der Waals surface area (Å²) in [6.07, 6.45) is 5.36. The van der Waals surface area contributed by atoms with E-state index in [0.717, 1.165) is 17.1 Å². The lowest BCUT2D eigenvalue weighted by Crippen LogP contribution is -2.17. The van der Waals surface area contributed by atoms with Gasteiger partial charge >= 0.3 is 0 Å². The maximum Gasteiger partial charge on any atom is 0.123 e. The number of hydrogen-bond acceptors (Lipinski definition) is 4. The molecule has 0 aliphatic carbocycles. The van der Waals surface area contributed by atoms with Crippen molar-refractivity contribution in [2.75, 3.05) is 14.2 Å². The first-order valence-corrected chi connectivity index (χ1v) is 5.68. The van der Waals surface area contributed by atoms with Crippen molar-refractivity contribution in [1.29, 1.82) is 0 Å². The molecule has 0 spiro atoms. The van der Waals surface area contributed by atoms with Crippen molar-refractivity contribution in [3.8, 4) is 11.5 Å². The normalized spacial score (nSPS) is 12.2. The molecule has 1 unspecified atom stereocenters. The molecule has 2 aromatic rings. The lowest BCUT2D eigenvalue weighted by molar-refractivity contribution is 0.392. The number of nitrogens with zero attached hydrogens (tertiary/aromatic N) is 2. The van der Waals surface area contributed by atoms with Gasteiger partial charge in [-0.25, -0.2) is 4.98 Å². The quantitative estimate of drug-likeness (QED) is 0.871. The van der Waals surface area contributed by atoms with E-state index in [4.69, 9.17) is 15.2 Å². The van der Waals surface area contributed by atoms with E-state index in [9.17, 15) is 0 Å². The van der Waals surface area contributed by atoms with Gasteiger partial charge in [-0.05, 0) is 18.2 Å². The van der Waals surface area contributed by atoms with Gasteiger partial charge < -0.3 is 19.8 Å². The van der Waals surface area contributed by atoms with Gasteiger partial charge in [-0.1, -0.05) is 0 Å². The van der Waals surface area contributed by atoms with Gasteiger partial charge in [0.25, 0.3) is 0 Å². The average molecular weight is 247 g/mol. The van der Waals surface area contributed by atoms with Gasteiger partial charge in [-0.15, -0.1) is 0 Å². The molecular formula is C13H17N3O2. The van der Waals surface area contributed by atoms with Gasteiger partial charge in [0.05, 0.1) is 26.6 Å². The van der Waals surface area contributed by atoms with Gasteiger partial charge in [0, 0.05) is 24.5 Å². The summed E-state index contributed by atoms with van der Waals surface area (Å²) >= 11 is 0. The van der Waals surface area contributed by atoms with Crippen LogP contribution < -0.4 is 15.2 Å². The molecule has 0 aliphatic rings. The summed E-state index contributed by atoms with van der Waals surface area (Å²) in [7, 11) is 3.27. The van der Waals surface area contributed by atoms with E-state index in [1.807, 2.05) is 29.0 Å². The van der Waals surface area contributed by atoms with Crippen LogP contribution in [-0.4, -0.2) is 23.8 Å². The molecule has 1 atom stereocenters. The second-order valence-corrected chi connectivity index (χ2v) is 3.97. The van der Waals surface area contributed by atoms with Crippen LogP contribution in [0.25, 0.3) is 0 Å². The molecule has 5 heteroatoms. The highest BCUT2D eigenvalue weighted by Gasteiger charge is 2.13. The third-order valence-electron chi connectivity index (χ3n) is 2.80. The van der Waals surface area contributed by atoms with Crippen LogP contribution >= 0.6 is 0 Å². The number of benzene rings is 1. The summed E-state index contributed by atoms with van der Waals surface area (Å²) in [6, 6.07) is 5.44. The number of aromatic nitrogens is 2. The predicted molar refractivity (Wildman–Crippen MR) is 68.7 cm³/mol. The summed E-state index contributed by atoms with van der Waals surface area (Å²) in [5.74, 6) is 1.54. The molecule has 1 aromatic carbocycles. The predicted octanol–water partition coefficient (Wildman–Crippen LogP) is 1.60. The second kappa shape index (κ2) is 5.55. The lowest BCUT2D eigenvalue weighted by atomic mass is 10.1. The Labute approximate surface area is 106 Å². The van der Waals surface area contributed by atoms with Gasteiger partial charge in [0.15, 0.2) is 0 Å². The molecule has 18 heavy (non-hydrogen) atoms. The molecule has 0 amide bonds. The Kier molecular flexibility index (Phi) is 3.84. The van der Waals surface area contributed by atoms with Gasteiger partial charge in [0.2, 0.25) is 0 Å². The monoisotopic (exact) mass is 247 g/mol. The zero-order chi connectivity index (χ0) is 13.0. The molecule has 0 fully saturated rings. The smallest absolute Gasteiger partial charge is 0.123 e. The number of methoxy groups -OCH3 is 2. The largest absolute Gasteiger partial charge is 0.497 e. The molecule has 2 rings (SSSR count). The topological polar surface area (TPSA) is 62.3 Å². The van der Waals surface area contributed by atoms with Gasteiger partial charge in [0.1, 0.15) is 11.5 Å². The molecule has 0 saturated carbocycles. The lowest BCUT2D eigenvalue weighted by Gasteiger charge is -2.17. The fourth-order valence-corrected chi connectivity index (χ4v) is 1.85. The van der Waals surface area contributed by atoms with E-state index >= 15 is 0 Å². The minimum Gasteiger partial charge on any atom is -0.497 e. The molecule has 1 aromatic heterocycles. The number of hydrogen-bond donors (Lipinski definition) is 1. The molecule has 1 heterocycles. The van der Waals surface area contributed by atoms with Crippen molar-refractivity contribution in [2.45, 2.75) is 12.6 Å². The average Bonchev–Trinajstić information content (AvgIpc) is 2.90. The first kappa shape index (κ1) is 12.4. The van der Waals surface area contributed by atoms with E-state index in [1.165, 1.54) is 0 Å². The van der Waals surface area contributed by atoms with Crippen molar-refractivity contribution in [1.82, 2.24) is 9.55 Å². The van der Waals surface area contributed by atoms with Crippen molar-refractivity contribution in [3.05, 3.63) is 42.5 Å². The standard InChI is InChI=1S/C13H17N3O2/c1-17-10-3-4-13(18-2)11(7-10)12(14)8-16-6-5-15-9-16/h3-7,9,12H,8,14H2,1-2H3. The Bertz CT molecular complexity index is 497. The Morgan fingerprint density at radius 2 is 2.17 bits per heavy atom. The highest BCUT2D eigenvalue weighted by atomic mass is 16.5. The Hall–Kier alpha value is -2.01. The highest BCUT2D eigenvalue weighted by molar-refractivity contribution is 5.42. The van der Waals surface area contributed by atoms with Crippen LogP contribution in [0.1, 0.15) is 11.6 Å². The summed E-state index contributed by atoms with van der Waals surface area (Å²) in [4.78, 5) is 4.00. The van der Waals surface area contributed by atoms with Gasteiger partial charge in [-0.3, -0.25) is 0 Å². The SMILES string of the molecule is COc1ccc(OC)c(C(N)Cn2ccnc2)c1. The van der Waals surface area contributed by atoms with Crippen molar-refractivity contribution >= 4 is 0 Å². The maximum absolute atomic E-state index is 6.20. The Balaban J connectivity index is 2.24. The molecular weight excluding hydrogens is 230 g/mol. The van der Waals surface area contributed by atoms with Crippen molar-refractivity contribution < 1.29 is 9.47 Å². The maximum atomic E-state index is 6.20. The van der Waals surface area contributed by atoms with Crippen LogP contribution in [0, 0.1) is 0 Å². The Morgan fingerprint density at radius 1 is 1.33 bits per heavy atom. The van der Waals surface area contributed by atoms with Crippen LogP contribution in [0.3, 0.4) is 0 Å². The van der Waals surface area contributed by atoms with E-state index in [0.29, 0.717) is 6.54 Å². The van der Waals surface area contributed by atoms with E-state index in [2.05, 4.69) is 4.98 Å². The summed E-state index contributed by atoms with van der Waals surface area (Å²) in [5, 5.41) is 0. The molecule has 0 saturated heterocycles. The minimum absolute atomic E-state index is 0.177. The molecule has 5 nitrogen and oxygen atoms in total. The molecule has 0 aliphatic heterocycles. The number of nitrogens with two attached hydrogens (primary N) is 1. The summed E-state index contributed by atoms with van der Waals surface area (Å²) in [5.41, 5.74) is 7.12. The second-order valence-electron chi connectivity index (χ2n) is 3.97. The van der Waals surface area contributed by atoms with E-state index < -0.39 is 0 Å². The summed E-state index contributed by atoms with van der Waals surface area (Å²) in [6.45, 7) is 0.642. The fourth-order valence-electron chi connectivity index (χ4n) is 1.85. The molecule has 0 radical (unpaired) electrons. The highest BCUT2D eigenvalue weighted by Crippen LogP contribution is 2.28. The fraction of sp³-hybridized carbons (Fsp3) is 0.308. The van der Waals surface area contributed by atoms with E-state index in [1.54, 1.807) is 26.7 Å². The van der Waals surface area contributed by atoms with Crippen LogP contribution in [0.4, 0.5) is 0 Å². The van der Waals surface area contributed by atoms with Crippen molar-refractivity contribution in [2.24, 2.45) is 5.73 Å². The zero-order valence-corrected chi connectivity index (χ0v) is 10.5. The van der Waals surface area contributed by atoms with Crippen LogP contribution in [0.15, 0.2) is 36.9 Å². The first-order chi connectivity index (χ1) is 8.74. The third kappa shape index (κ3) is 2.62. The Morgan fingerprint density at radius 3 is 2.78 bits per heavy atom. The number of ether oxygens (including phenoxy) is 2. The molecule has 96 valence electrons. The zero-order valence-electron chi connectivity index (χ0n) is 10.5. The van der Waals surface area contributed by atoms with Gasteiger partial charge in [-0.2, -0.15) is 0 Å². The van der Waals surface area contributed by atoms with Crippen LogP contribution in [0.5, 0.6) is 11.5 Å². The summed E-state index contributed by atoms with van der Waals surface area (Å²) < 4.78 is 12.5. The van der Waals surface area contributed by atoms with Crippen molar-refractivity contribution in [3.63, 3.8) is 0 Å². The first-order valence-electron chi connectivity index (χ1n) is 5.68.